The number of nitrogens with one attached hydrogen (secondary N) is 2. The number of carbonyl (C=O) groups excluding carboxylic acids is 1. The molecule has 2 heterocycles. The van der Waals surface area contributed by atoms with Crippen LogP contribution >= 0.6 is 15.9 Å². The van der Waals surface area contributed by atoms with E-state index in [1.165, 1.54) is 5.56 Å². The van der Waals surface area contributed by atoms with Crippen LogP contribution in [0.15, 0.2) is 88.5 Å². The number of halogens is 1. The maximum Gasteiger partial charge on any atom is 0.255 e. The standard InChI is InChI=1S/C26H23BrN4O/c1-3-17-11-13-20(14-12-17)29-25(32)23-16(2)28-26-30-21-9-4-5-10-22(21)31(26)24(23)18-7-6-8-19(27)15-18/h4-15,24H,3H2,1-2H3,(H,28,30)(H,29,32)/t24-/m1/s1. The average molecular weight is 487 g/mol. The smallest absolute Gasteiger partial charge is 0.255 e. The highest BCUT2D eigenvalue weighted by atomic mass is 79.9. The van der Waals surface area contributed by atoms with E-state index in [-0.39, 0.29) is 11.9 Å². The Morgan fingerprint density at radius 3 is 2.62 bits per heavy atom. The number of para-hydroxylation sites is 2. The summed E-state index contributed by atoms with van der Waals surface area (Å²) in [7, 11) is 0. The second-order valence-electron chi connectivity index (χ2n) is 7.92. The molecule has 0 saturated heterocycles. The molecule has 0 aliphatic carbocycles. The third-order valence-electron chi connectivity index (χ3n) is 5.86. The molecule has 5 rings (SSSR count). The van der Waals surface area contributed by atoms with Gasteiger partial charge in [-0.3, -0.25) is 9.36 Å². The summed E-state index contributed by atoms with van der Waals surface area (Å²) in [4.78, 5) is 18.4. The fourth-order valence-electron chi connectivity index (χ4n) is 4.27. The highest BCUT2D eigenvalue weighted by Gasteiger charge is 2.34. The molecular weight excluding hydrogens is 464 g/mol. The van der Waals surface area contributed by atoms with Crippen LogP contribution in [0.1, 0.15) is 31.0 Å². The van der Waals surface area contributed by atoms with Gasteiger partial charge in [-0.15, -0.1) is 0 Å². The lowest BCUT2D eigenvalue weighted by molar-refractivity contribution is -0.113. The third-order valence-corrected chi connectivity index (χ3v) is 6.35. The third kappa shape index (κ3) is 3.60. The molecule has 0 bridgehead atoms. The largest absolute Gasteiger partial charge is 0.329 e. The molecule has 0 spiro atoms. The van der Waals surface area contributed by atoms with Crippen molar-refractivity contribution in [3.63, 3.8) is 0 Å². The van der Waals surface area contributed by atoms with Crippen LogP contribution in [0, 0.1) is 0 Å². The van der Waals surface area contributed by atoms with Crippen molar-refractivity contribution >= 4 is 44.5 Å². The van der Waals surface area contributed by atoms with Crippen molar-refractivity contribution in [1.82, 2.24) is 9.55 Å². The predicted octanol–water partition coefficient (Wildman–Crippen LogP) is 6.29. The first-order chi connectivity index (χ1) is 15.5. The van der Waals surface area contributed by atoms with Crippen LogP contribution in [-0.2, 0) is 11.2 Å². The zero-order valence-electron chi connectivity index (χ0n) is 17.9. The normalized spacial score (nSPS) is 15.4. The lowest BCUT2D eigenvalue weighted by Crippen LogP contribution is -2.30. The van der Waals surface area contributed by atoms with E-state index in [9.17, 15) is 4.79 Å². The van der Waals surface area contributed by atoms with Gasteiger partial charge < -0.3 is 10.6 Å². The number of rotatable bonds is 4. The first kappa shape index (κ1) is 20.5. The SMILES string of the molecule is CCc1ccc(NC(=O)C2=C(C)Nc3nc4ccccc4n3[C@@H]2c2cccc(Br)c2)cc1. The number of carbonyl (C=O) groups is 1. The molecule has 0 saturated carbocycles. The quantitative estimate of drug-likeness (QED) is 0.356. The molecule has 160 valence electrons. The van der Waals surface area contributed by atoms with Crippen LogP contribution in [0.4, 0.5) is 11.6 Å². The van der Waals surface area contributed by atoms with Crippen molar-refractivity contribution < 1.29 is 4.79 Å². The van der Waals surface area contributed by atoms with Crippen molar-refractivity contribution in [3.05, 3.63) is 99.7 Å². The summed E-state index contributed by atoms with van der Waals surface area (Å²) in [5.41, 5.74) is 6.35. The molecule has 4 aromatic rings. The number of aromatic nitrogens is 2. The number of fused-ring (bicyclic) bond motifs is 3. The summed E-state index contributed by atoms with van der Waals surface area (Å²) in [5, 5.41) is 6.45. The highest BCUT2D eigenvalue weighted by molar-refractivity contribution is 9.10. The Kier molecular flexibility index (Phi) is 5.31. The first-order valence-electron chi connectivity index (χ1n) is 10.7. The van der Waals surface area contributed by atoms with Gasteiger partial charge in [-0.2, -0.15) is 0 Å². The van der Waals surface area contributed by atoms with Crippen LogP contribution in [0.2, 0.25) is 0 Å². The van der Waals surface area contributed by atoms with Gasteiger partial charge in [0.25, 0.3) is 5.91 Å². The van der Waals surface area contributed by atoms with E-state index >= 15 is 0 Å². The van der Waals surface area contributed by atoms with Gasteiger partial charge in [0.2, 0.25) is 5.95 Å². The minimum absolute atomic E-state index is 0.132. The number of amides is 1. The van der Waals surface area contributed by atoms with Crippen molar-refractivity contribution in [2.45, 2.75) is 26.3 Å². The van der Waals surface area contributed by atoms with E-state index in [0.717, 1.165) is 44.8 Å². The summed E-state index contributed by atoms with van der Waals surface area (Å²) >= 11 is 3.59. The zero-order chi connectivity index (χ0) is 22.2. The van der Waals surface area contributed by atoms with Gasteiger partial charge in [-0.05, 0) is 60.9 Å². The van der Waals surface area contributed by atoms with E-state index in [0.29, 0.717) is 5.57 Å². The minimum atomic E-state index is -0.314. The van der Waals surface area contributed by atoms with Crippen LogP contribution in [0.25, 0.3) is 11.0 Å². The number of imidazole rings is 1. The van der Waals surface area contributed by atoms with Gasteiger partial charge in [-0.1, -0.05) is 59.3 Å². The Morgan fingerprint density at radius 1 is 1.09 bits per heavy atom. The van der Waals surface area contributed by atoms with Gasteiger partial charge in [0.1, 0.15) is 0 Å². The Bertz CT molecular complexity index is 1350. The Morgan fingerprint density at radius 2 is 1.88 bits per heavy atom. The highest BCUT2D eigenvalue weighted by Crippen LogP contribution is 2.40. The Labute approximate surface area is 195 Å². The van der Waals surface area contributed by atoms with Crippen LogP contribution in [0.3, 0.4) is 0 Å². The molecule has 5 nitrogen and oxygen atoms in total. The van der Waals surface area contributed by atoms with Gasteiger partial charge in [-0.25, -0.2) is 4.98 Å². The molecular formula is C26H23BrN4O. The van der Waals surface area contributed by atoms with Crippen LogP contribution < -0.4 is 10.6 Å². The fraction of sp³-hybridized carbons (Fsp3) is 0.154. The molecule has 1 amide bonds. The molecule has 0 fully saturated rings. The molecule has 1 aliphatic rings. The van der Waals surface area contributed by atoms with Gasteiger partial charge >= 0.3 is 0 Å². The Balaban J connectivity index is 1.63. The van der Waals surface area contributed by atoms with Crippen molar-refractivity contribution in [1.29, 1.82) is 0 Å². The summed E-state index contributed by atoms with van der Waals surface area (Å²) in [6.45, 7) is 4.05. The van der Waals surface area contributed by atoms with Crippen LogP contribution in [-0.4, -0.2) is 15.5 Å². The van der Waals surface area contributed by atoms with Crippen molar-refractivity contribution in [3.8, 4) is 0 Å². The maximum atomic E-state index is 13.6. The van der Waals surface area contributed by atoms with E-state index in [2.05, 4.69) is 50.2 Å². The van der Waals surface area contributed by atoms with E-state index < -0.39 is 0 Å². The number of aryl methyl sites for hydroxylation is 1. The minimum Gasteiger partial charge on any atom is -0.329 e. The molecule has 1 atom stereocenters. The topological polar surface area (TPSA) is 59.0 Å². The predicted molar refractivity (Wildman–Crippen MR) is 133 cm³/mol. The second-order valence-corrected chi connectivity index (χ2v) is 8.84. The summed E-state index contributed by atoms with van der Waals surface area (Å²) < 4.78 is 3.08. The average Bonchev–Trinajstić information content (AvgIpc) is 3.16. The molecule has 1 aromatic heterocycles. The molecule has 0 radical (unpaired) electrons. The van der Waals surface area contributed by atoms with Crippen LogP contribution in [0.5, 0.6) is 0 Å². The lowest BCUT2D eigenvalue weighted by atomic mass is 9.94. The van der Waals surface area contributed by atoms with Crippen molar-refractivity contribution in [2.24, 2.45) is 0 Å². The number of benzene rings is 3. The number of allylic oxidation sites excluding steroid dienone is 1. The summed E-state index contributed by atoms with van der Waals surface area (Å²) in [6.07, 6.45) is 0.962. The Hall–Kier alpha value is -3.38. The molecule has 6 heteroatoms. The van der Waals surface area contributed by atoms with Gasteiger partial charge in [0.05, 0.1) is 22.6 Å². The summed E-state index contributed by atoms with van der Waals surface area (Å²) in [6, 6.07) is 23.8. The molecule has 2 N–H and O–H groups in total. The van der Waals surface area contributed by atoms with E-state index in [1.54, 1.807) is 0 Å². The molecule has 0 unspecified atom stereocenters. The maximum absolute atomic E-state index is 13.6. The number of hydrogen-bond donors (Lipinski definition) is 2. The number of nitrogens with zero attached hydrogens (tertiary/aromatic N) is 2. The molecule has 3 aromatic carbocycles. The number of hydrogen-bond acceptors (Lipinski definition) is 3. The van der Waals surface area contributed by atoms with Crippen molar-refractivity contribution in [2.75, 3.05) is 10.6 Å². The van der Waals surface area contributed by atoms with Gasteiger partial charge in [0.15, 0.2) is 0 Å². The summed E-state index contributed by atoms with van der Waals surface area (Å²) in [5.74, 6) is 0.602. The van der Waals surface area contributed by atoms with Gasteiger partial charge in [0, 0.05) is 15.9 Å². The number of anilines is 2. The monoisotopic (exact) mass is 486 g/mol. The van der Waals surface area contributed by atoms with E-state index in [4.69, 9.17) is 4.98 Å². The first-order valence-corrected chi connectivity index (χ1v) is 11.4. The van der Waals surface area contributed by atoms with E-state index in [1.807, 2.05) is 67.6 Å². The lowest BCUT2D eigenvalue weighted by Gasteiger charge is -2.31. The molecule has 1 aliphatic heterocycles. The molecule has 32 heavy (non-hydrogen) atoms. The fourth-order valence-corrected chi connectivity index (χ4v) is 4.69. The second kappa shape index (κ2) is 8.28. The zero-order valence-corrected chi connectivity index (χ0v) is 19.5.